The highest BCUT2D eigenvalue weighted by Gasteiger charge is 2.45. The molecule has 1 aliphatic rings. The molecule has 2 aromatic carbocycles. The van der Waals surface area contributed by atoms with Crippen LogP contribution in [0.5, 0.6) is 0 Å². The molecule has 29 heavy (non-hydrogen) atoms. The van der Waals surface area contributed by atoms with E-state index >= 15 is 0 Å². The number of piperidine rings is 1. The third kappa shape index (κ3) is 5.38. The molecule has 7 heteroatoms. The summed E-state index contributed by atoms with van der Waals surface area (Å²) in [6, 6.07) is 18.9. The van der Waals surface area contributed by atoms with E-state index in [1.807, 2.05) is 71.8 Å². The average molecular weight is 414 g/mol. The first-order valence-corrected chi connectivity index (χ1v) is 11.0. The number of nitrogens with zero attached hydrogens (tertiary/aromatic N) is 1. The van der Waals surface area contributed by atoms with Crippen LogP contribution in [0.25, 0.3) is 0 Å². The van der Waals surface area contributed by atoms with Gasteiger partial charge in [0.1, 0.15) is 0 Å². The summed E-state index contributed by atoms with van der Waals surface area (Å²) in [6.45, 7) is 1.08. The summed E-state index contributed by atoms with van der Waals surface area (Å²) in [5, 5.41) is 17.0. The summed E-state index contributed by atoms with van der Waals surface area (Å²) in [6.07, 6.45) is 1.57. The molecule has 154 valence electrons. The molecule has 3 rings (SSSR count). The van der Waals surface area contributed by atoms with E-state index in [1.165, 1.54) is 11.8 Å². The normalized spacial score (nSPS) is 22.1. The van der Waals surface area contributed by atoms with Crippen molar-refractivity contribution in [3.8, 4) is 0 Å². The number of rotatable bonds is 7. The Kier molecular flexibility index (Phi) is 7.30. The van der Waals surface area contributed by atoms with Gasteiger partial charge in [-0.15, -0.1) is 0 Å². The lowest BCUT2D eigenvalue weighted by Crippen LogP contribution is -2.62. The minimum atomic E-state index is -0.847. The number of aliphatic hydroxyl groups is 1. The summed E-state index contributed by atoms with van der Waals surface area (Å²) >= 11 is 1.45. The zero-order chi connectivity index (χ0) is 20.7. The van der Waals surface area contributed by atoms with Gasteiger partial charge in [0.05, 0.1) is 23.9 Å². The molecule has 3 N–H and O–H groups in total. The molecule has 0 spiro atoms. The number of carbonyl (C=O) groups is 2. The molecular weight excluding hydrogens is 386 g/mol. The molecule has 0 radical (unpaired) electrons. The lowest BCUT2D eigenvalue weighted by Gasteiger charge is -2.46. The van der Waals surface area contributed by atoms with Gasteiger partial charge in [-0.05, 0) is 30.4 Å². The molecule has 0 bridgehead atoms. The maximum Gasteiger partial charge on any atom is 0.238 e. The fourth-order valence-electron chi connectivity index (χ4n) is 3.77. The van der Waals surface area contributed by atoms with Crippen LogP contribution in [0, 0.1) is 0 Å². The third-order valence-electron chi connectivity index (χ3n) is 5.17. The smallest absolute Gasteiger partial charge is 0.238 e. The Hall–Kier alpha value is -2.35. The van der Waals surface area contributed by atoms with Gasteiger partial charge in [-0.1, -0.05) is 48.5 Å². The Morgan fingerprint density at radius 3 is 2.38 bits per heavy atom. The largest absolute Gasteiger partial charge is 0.389 e. The predicted molar refractivity (Wildman–Crippen MR) is 117 cm³/mol. The van der Waals surface area contributed by atoms with E-state index in [1.54, 1.807) is 0 Å². The molecule has 2 amide bonds. The third-order valence-corrected chi connectivity index (χ3v) is 5.72. The molecule has 2 aromatic rings. The first-order valence-electron chi connectivity index (χ1n) is 9.64. The van der Waals surface area contributed by atoms with E-state index in [2.05, 4.69) is 10.6 Å². The Morgan fingerprint density at radius 1 is 1.10 bits per heavy atom. The van der Waals surface area contributed by atoms with Crippen molar-refractivity contribution in [3.63, 3.8) is 0 Å². The molecule has 0 unspecified atom stereocenters. The second-order valence-corrected chi connectivity index (χ2v) is 8.10. The van der Waals surface area contributed by atoms with Gasteiger partial charge < -0.3 is 15.7 Å². The van der Waals surface area contributed by atoms with Crippen LogP contribution in [0.2, 0.25) is 0 Å². The van der Waals surface area contributed by atoms with Gasteiger partial charge >= 0.3 is 0 Å². The van der Waals surface area contributed by atoms with Crippen molar-refractivity contribution in [2.75, 3.05) is 37.0 Å². The zero-order valence-corrected chi connectivity index (χ0v) is 17.3. The first-order chi connectivity index (χ1) is 14.0. The van der Waals surface area contributed by atoms with Crippen LogP contribution in [-0.4, -0.2) is 59.6 Å². The fraction of sp³-hybridized carbons (Fsp3) is 0.364. The van der Waals surface area contributed by atoms with Gasteiger partial charge in [-0.2, -0.15) is 11.8 Å². The van der Waals surface area contributed by atoms with E-state index in [9.17, 15) is 14.7 Å². The molecular formula is C22H27N3O3S. The number of amides is 2. The topological polar surface area (TPSA) is 81.7 Å². The Labute approximate surface area is 175 Å². The van der Waals surface area contributed by atoms with E-state index in [-0.39, 0.29) is 18.4 Å². The maximum atomic E-state index is 12.4. The monoisotopic (exact) mass is 413 g/mol. The predicted octanol–water partition coefficient (Wildman–Crippen LogP) is 2.07. The number of anilines is 1. The Balaban J connectivity index is 1.69. The number of benzene rings is 2. The van der Waals surface area contributed by atoms with Crippen LogP contribution in [0.1, 0.15) is 12.0 Å². The van der Waals surface area contributed by atoms with Crippen LogP contribution >= 0.6 is 11.8 Å². The quantitative estimate of drug-likeness (QED) is 0.647. The SMILES string of the molecule is CSCC(=O)N[C@]1(c2ccccc2)CCN(CC(=O)Nc2ccccc2)C[C@H]1O. The Morgan fingerprint density at radius 2 is 1.76 bits per heavy atom. The van der Waals surface area contributed by atoms with E-state index in [0.717, 1.165) is 11.3 Å². The molecule has 1 aliphatic heterocycles. The first kappa shape index (κ1) is 21.4. The second kappa shape index (κ2) is 9.91. The summed E-state index contributed by atoms with van der Waals surface area (Å²) in [5.41, 5.74) is 0.786. The average Bonchev–Trinajstić information content (AvgIpc) is 2.72. The van der Waals surface area contributed by atoms with Crippen molar-refractivity contribution in [1.82, 2.24) is 10.2 Å². The lowest BCUT2D eigenvalue weighted by atomic mass is 9.78. The van der Waals surface area contributed by atoms with Crippen molar-refractivity contribution >= 4 is 29.3 Å². The number of thioether (sulfide) groups is 1. The van der Waals surface area contributed by atoms with Gasteiger partial charge in [-0.25, -0.2) is 0 Å². The molecule has 0 aliphatic carbocycles. The maximum absolute atomic E-state index is 12.4. The number of hydrogen-bond acceptors (Lipinski definition) is 5. The van der Waals surface area contributed by atoms with Crippen LogP contribution < -0.4 is 10.6 Å². The van der Waals surface area contributed by atoms with Gasteiger partial charge in [0.2, 0.25) is 11.8 Å². The van der Waals surface area contributed by atoms with Crippen molar-refractivity contribution in [2.24, 2.45) is 0 Å². The van der Waals surface area contributed by atoms with Crippen molar-refractivity contribution in [2.45, 2.75) is 18.1 Å². The van der Waals surface area contributed by atoms with E-state index < -0.39 is 11.6 Å². The summed E-state index contributed by atoms with van der Waals surface area (Å²) in [5.74, 6) is 0.113. The number of carbonyl (C=O) groups excluding carboxylic acids is 2. The number of likely N-dealkylation sites (tertiary alicyclic amines) is 1. The standard InChI is InChI=1S/C22H27N3O3S/c1-29-16-21(28)24-22(17-8-4-2-5-9-17)12-13-25(14-19(22)26)15-20(27)23-18-10-6-3-7-11-18/h2-11,19,26H,12-16H2,1H3,(H,23,27)(H,24,28)/t19-,22+/m1/s1. The van der Waals surface area contributed by atoms with Crippen molar-refractivity contribution in [3.05, 3.63) is 66.2 Å². The molecule has 1 heterocycles. The highest BCUT2D eigenvalue weighted by Crippen LogP contribution is 2.33. The Bertz CT molecular complexity index is 819. The summed E-state index contributed by atoms with van der Waals surface area (Å²) < 4.78 is 0. The van der Waals surface area contributed by atoms with Crippen LogP contribution in [-0.2, 0) is 15.1 Å². The molecule has 0 saturated carbocycles. The van der Waals surface area contributed by atoms with Gasteiger partial charge in [0.15, 0.2) is 0 Å². The minimum Gasteiger partial charge on any atom is -0.389 e. The molecule has 0 aromatic heterocycles. The van der Waals surface area contributed by atoms with Crippen molar-refractivity contribution in [1.29, 1.82) is 0 Å². The number of β-amino-alcohol motifs (C(OH)–C–C–N with tert-alkyl or cyclic N) is 1. The molecule has 1 saturated heterocycles. The van der Waals surface area contributed by atoms with Gasteiger partial charge in [0.25, 0.3) is 0 Å². The van der Waals surface area contributed by atoms with E-state index in [4.69, 9.17) is 0 Å². The van der Waals surface area contributed by atoms with E-state index in [0.29, 0.717) is 25.3 Å². The van der Waals surface area contributed by atoms with Crippen LogP contribution in [0.3, 0.4) is 0 Å². The summed E-state index contributed by atoms with van der Waals surface area (Å²) in [7, 11) is 0. The molecule has 6 nitrogen and oxygen atoms in total. The molecule has 1 fully saturated rings. The highest BCUT2D eigenvalue weighted by molar-refractivity contribution is 7.99. The second-order valence-electron chi connectivity index (χ2n) is 7.23. The number of hydrogen-bond donors (Lipinski definition) is 3. The fourth-order valence-corrected chi connectivity index (χ4v) is 4.10. The van der Waals surface area contributed by atoms with Crippen LogP contribution in [0.15, 0.2) is 60.7 Å². The number of para-hydroxylation sites is 1. The lowest BCUT2D eigenvalue weighted by molar-refractivity contribution is -0.126. The molecule has 2 atom stereocenters. The number of nitrogens with one attached hydrogen (secondary N) is 2. The van der Waals surface area contributed by atoms with Gasteiger partial charge in [-0.3, -0.25) is 14.5 Å². The number of aliphatic hydroxyl groups excluding tert-OH is 1. The zero-order valence-electron chi connectivity index (χ0n) is 16.5. The van der Waals surface area contributed by atoms with Gasteiger partial charge in [0, 0.05) is 18.8 Å². The highest BCUT2D eigenvalue weighted by atomic mass is 32.2. The summed E-state index contributed by atoms with van der Waals surface area (Å²) in [4.78, 5) is 26.7. The van der Waals surface area contributed by atoms with Crippen LogP contribution in [0.4, 0.5) is 5.69 Å². The van der Waals surface area contributed by atoms with Crippen molar-refractivity contribution < 1.29 is 14.7 Å². The minimum absolute atomic E-state index is 0.101.